The van der Waals surface area contributed by atoms with E-state index in [4.69, 9.17) is 34.8 Å². The first-order chi connectivity index (χ1) is 13.1. The summed E-state index contributed by atoms with van der Waals surface area (Å²) >= 11 is 0. The molecule has 0 saturated carbocycles. The van der Waals surface area contributed by atoms with Crippen molar-refractivity contribution in [3.05, 3.63) is 0 Å². The topological polar surface area (TPSA) is 161 Å². The van der Waals surface area contributed by atoms with Crippen molar-refractivity contribution in [3.63, 3.8) is 0 Å². The lowest BCUT2D eigenvalue weighted by Crippen LogP contribution is -2.31. The Labute approximate surface area is 160 Å². The maximum atomic E-state index is 10.6. The van der Waals surface area contributed by atoms with Crippen LogP contribution in [0, 0.1) is 5.92 Å². The van der Waals surface area contributed by atoms with Gasteiger partial charge in [0.1, 0.15) is 0 Å². The number of halogens is 9. The van der Waals surface area contributed by atoms with Crippen LogP contribution in [0.4, 0.5) is 39.5 Å². The van der Waals surface area contributed by atoms with Crippen LogP contribution in [0.15, 0.2) is 0 Å². The molecule has 0 spiro atoms. The Morgan fingerprint density at radius 3 is 0.900 bits per heavy atom. The number of hydrogen-bond donors (Lipinski definition) is 5. The van der Waals surface area contributed by atoms with Crippen molar-refractivity contribution in [3.8, 4) is 0 Å². The molecule has 0 bridgehead atoms. The van der Waals surface area contributed by atoms with E-state index in [1.165, 1.54) is 0 Å². The van der Waals surface area contributed by atoms with Crippen LogP contribution in [-0.2, 0) is 19.2 Å². The lowest BCUT2D eigenvalue weighted by Gasteiger charge is -2.17. The van der Waals surface area contributed by atoms with Gasteiger partial charge >= 0.3 is 42.4 Å². The fourth-order valence-electron chi connectivity index (χ4n) is 1.07. The van der Waals surface area contributed by atoms with Crippen LogP contribution in [-0.4, -0.2) is 75.9 Å². The summed E-state index contributed by atoms with van der Waals surface area (Å²) in [6.45, 7) is 1.72. The molecule has 0 aromatic heterocycles. The fraction of sp³-hybridized carbons (Fsp3) is 0.667. The van der Waals surface area contributed by atoms with Gasteiger partial charge in [-0.3, -0.25) is 4.79 Å². The third kappa shape index (κ3) is 20.0. The minimum atomic E-state index is -5.08. The molecule has 178 valence electrons. The van der Waals surface area contributed by atoms with Gasteiger partial charge in [-0.2, -0.15) is 39.5 Å². The van der Waals surface area contributed by atoms with Gasteiger partial charge in [0.25, 0.3) is 0 Å². The molecule has 0 amide bonds. The molecule has 5 N–H and O–H groups in total. The highest BCUT2D eigenvalue weighted by Gasteiger charge is 2.39. The highest BCUT2D eigenvalue weighted by atomic mass is 19.4. The Balaban J connectivity index is -0.000000327. The smallest absolute Gasteiger partial charge is 0.481 e. The van der Waals surface area contributed by atoms with Crippen molar-refractivity contribution < 1.29 is 79.1 Å². The first-order valence-corrected chi connectivity index (χ1v) is 6.97. The molecule has 1 aliphatic rings. The Hall–Kier alpha value is -2.79. The maximum absolute atomic E-state index is 10.6. The summed E-state index contributed by atoms with van der Waals surface area (Å²) in [7, 11) is 0. The normalized spacial score (nSPS) is 14.4. The molecule has 0 aliphatic carbocycles. The van der Waals surface area contributed by atoms with E-state index < -0.39 is 42.4 Å². The van der Waals surface area contributed by atoms with E-state index in [2.05, 4.69) is 5.32 Å². The summed E-state index contributed by atoms with van der Waals surface area (Å²) in [5.74, 6) is -9.00. The molecular weight excluding hydrogens is 457 g/mol. The van der Waals surface area contributed by atoms with Crippen LogP contribution in [0.5, 0.6) is 0 Å². The zero-order valence-electron chi connectivity index (χ0n) is 14.2. The van der Waals surface area contributed by atoms with Crippen molar-refractivity contribution in [2.75, 3.05) is 13.1 Å². The monoisotopic (exact) mass is 471 g/mol. The summed E-state index contributed by atoms with van der Waals surface area (Å²) < 4.78 is 95.2. The third-order valence-corrected chi connectivity index (χ3v) is 2.42. The number of carboxylic acids is 4. The number of carbonyl (C=O) groups is 4. The predicted molar refractivity (Wildman–Crippen MR) is 74.3 cm³/mol. The molecule has 18 heteroatoms. The van der Waals surface area contributed by atoms with Crippen LogP contribution in [0.1, 0.15) is 12.8 Å². The number of aliphatic carboxylic acids is 4. The van der Waals surface area contributed by atoms with Crippen LogP contribution in [0.3, 0.4) is 0 Å². The number of nitrogens with one attached hydrogen (secondary N) is 1. The van der Waals surface area contributed by atoms with E-state index >= 15 is 0 Å². The second-order valence-corrected chi connectivity index (χ2v) is 4.77. The van der Waals surface area contributed by atoms with Crippen molar-refractivity contribution in [2.24, 2.45) is 5.92 Å². The van der Waals surface area contributed by atoms with Crippen LogP contribution < -0.4 is 5.32 Å². The summed E-state index contributed by atoms with van der Waals surface area (Å²) in [6.07, 6.45) is -13.7. The van der Waals surface area contributed by atoms with Gasteiger partial charge in [-0.1, -0.05) is 0 Å². The summed E-state index contributed by atoms with van der Waals surface area (Å²) in [4.78, 5) is 37.0. The molecule has 0 aromatic rings. The Morgan fingerprint density at radius 1 is 0.600 bits per heavy atom. The molecule has 0 radical (unpaired) electrons. The maximum Gasteiger partial charge on any atom is 0.490 e. The highest BCUT2D eigenvalue weighted by molar-refractivity contribution is 5.73. The number of alkyl halides is 9. The summed E-state index contributed by atoms with van der Waals surface area (Å²) in [6, 6.07) is 0. The second kappa shape index (κ2) is 13.4. The minimum absolute atomic E-state index is 0.0914. The van der Waals surface area contributed by atoms with Crippen molar-refractivity contribution >= 4 is 23.9 Å². The summed E-state index contributed by atoms with van der Waals surface area (Å²) in [5.41, 5.74) is 0. The molecule has 1 rings (SSSR count). The first-order valence-electron chi connectivity index (χ1n) is 6.97. The first kappa shape index (κ1) is 31.9. The number of carboxylic acid groups (broad SMARTS) is 4. The van der Waals surface area contributed by atoms with E-state index in [0.717, 1.165) is 25.9 Å². The lowest BCUT2D eigenvalue weighted by atomic mass is 9.99. The largest absolute Gasteiger partial charge is 0.490 e. The van der Waals surface area contributed by atoms with Gasteiger partial charge in [-0.05, 0) is 25.9 Å². The molecule has 30 heavy (non-hydrogen) atoms. The Morgan fingerprint density at radius 2 is 0.800 bits per heavy atom. The molecule has 1 heterocycles. The zero-order chi connectivity index (χ0) is 24.9. The van der Waals surface area contributed by atoms with E-state index in [-0.39, 0.29) is 5.92 Å². The van der Waals surface area contributed by atoms with Crippen molar-refractivity contribution in [1.82, 2.24) is 5.32 Å². The second-order valence-electron chi connectivity index (χ2n) is 4.77. The standard InChI is InChI=1S/C6H11NO2.3C2HF3O2/c8-6(9)5-1-3-7-4-2-5;3*3-2(4,5)1(6)7/h5,7H,1-4H2,(H,8,9);3*(H,6,7). The van der Waals surface area contributed by atoms with Gasteiger partial charge in [0.05, 0.1) is 5.92 Å². The molecule has 1 fully saturated rings. The Bertz CT molecular complexity index is 508. The van der Waals surface area contributed by atoms with E-state index in [1.807, 2.05) is 0 Å². The quantitative estimate of drug-likeness (QED) is 0.360. The average molecular weight is 471 g/mol. The highest BCUT2D eigenvalue weighted by Crippen LogP contribution is 2.14. The van der Waals surface area contributed by atoms with E-state index in [0.29, 0.717) is 0 Å². The molecule has 0 unspecified atom stereocenters. The molecule has 0 atom stereocenters. The molecule has 0 aromatic carbocycles. The zero-order valence-corrected chi connectivity index (χ0v) is 14.2. The molecule has 1 aliphatic heterocycles. The number of piperidine rings is 1. The van der Waals surface area contributed by atoms with Crippen LogP contribution in [0.25, 0.3) is 0 Å². The van der Waals surface area contributed by atoms with Gasteiger partial charge in [0, 0.05) is 0 Å². The predicted octanol–water partition coefficient (Wildman–Crippen LogP) is 1.97. The fourth-order valence-corrected chi connectivity index (χ4v) is 1.07. The summed E-state index contributed by atoms with van der Waals surface area (Å²) in [5, 5.41) is 33.0. The van der Waals surface area contributed by atoms with Gasteiger partial charge in [0.2, 0.25) is 0 Å². The number of hydrogen-bond acceptors (Lipinski definition) is 5. The third-order valence-electron chi connectivity index (χ3n) is 2.42. The number of rotatable bonds is 1. The van der Waals surface area contributed by atoms with Crippen LogP contribution >= 0.6 is 0 Å². The molecule has 9 nitrogen and oxygen atoms in total. The van der Waals surface area contributed by atoms with Gasteiger partial charge in [0.15, 0.2) is 0 Å². The van der Waals surface area contributed by atoms with Crippen molar-refractivity contribution in [1.29, 1.82) is 0 Å². The Kier molecular flexibility index (Phi) is 14.3. The van der Waals surface area contributed by atoms with Gasteiger partial charge in [-0.15, -0.1) is 0 Å². The molecular formula is C12H14F9NO8. The van der Waals surface area contributed by atoms with Crippen LogP contribution in [0.2, 0.25) is 0 Å². The average Bonchev–Trinajstić information content (AvgIpc) is 2.54. The molecule has 1 saturated heterocycles. The minimum Gasteiger partial charge on any atom is -0.481 e. The van der Waals surface area contributed by atoms with Crippen molar-refractivity contribution in [2.45, 2.75) is 31.4 Å². The SMILES string of the molecule is O=C(O)C(F)(F)F.O=C(O)C(F)(F)F.O=C(O)C(F)(F)F.O=C(O)C1CCNCC1. The van der Waals surface area contributed by atoms with Gasteiger partial charge in [-0.25, -0.2) is 14.4 Å². The lowest BCUT2D eigenvalue weighted by molar-refractivity contribution is -0.193. The van der Waals surface area contributed by atoms with E-state index in [1.54, 1.807) is 0 Å². The van der Waals surface area contributed by atoms with Gasteiger partial charge < -0.3 is 25.7 Å². The van der Waals surface area contributed by atoms with E-state index in [9.17, 15) is 44.3 Å².